The third-order valence-electron chi connectivity index (χ3n) is 1.49. The molecule has 5 nitrogen and oxygen atoms in total. The zero-order valence-corrected chi connectivity index (χ0v) is 8.32. The van der Waals surface area contributed by atoms with Crippen LogP contribution in [0.25, 0.3) is 0 Å². The van der Waals surface area contributed by atoms with Crippen LogP contribution in [-0.2, 0) is 0 Å². The van der Waals surface area contributed by atoms with Crippen LogP contribution in [0.1, 0.15) is 5.69 Å². The van der Waals surface area contributed by atoms with Crippen molar-refractivity contribution in [2.45, 2.75) is 6.92 Å². The van der Waals surface area contributed by atoms with Crippen LogP contribution >= 0.6 is 11.6 Å². The van der Waals surface area contributed by atoms with E-state index in [1.165, 1.54) is 6.07 Å². The smallest absolute Gasteiger partial charge is 0.406 e. The summed E-state index contributed by atoms with van der Waals surface area (Å²) in [4.78, 5) is 13.8. The SMILES string of the molecule is Cc1ccc(OCCCl)c([N+](=O)[O-])n1. The van der Waals surface area contributed by atoms with Crippen LogP contribution in [0, 0.1) is 17.0 Å². The minimum absolute atomic E-state index is 0.154. The molecule has 6 heteroatoms. The Morgan fingerprint density at radius 2 is 2.36 bits per heavy atom. The van der Waals surface area contributed by atoms with Gasteiger partial charge in [-0.3, -0.25) is 0 Å². The van der Waals surface area contributed by atoms with E-state index in [2.05, 4.69) is 4.98 Å². The molecule has 0 aliphatic rings. The summed E-state index contributed by atoms with van der Waals surface area (Å²) in [6.45, 7) is 1.91. The number of hydrogen-bond acceptors (Lipinski definition) is 4. The maximum Gasteiger partial charge on any atom is 0.406 e. The second-order valence-electron chi connectivity index (χ2n) is 2.57. The number of rotatable bonds is 4. The van der Waals surface area contributed by atoms with Crippen molar-refractivity contribution in [3.63, 3.8) is 0 Å². The maximum atomic E-state index is 10.6. The molecule has 1 aromatic rings. The van der Waals surface area contributed by atoms with Crippen molar-refractivity contribution in [1.29, 1.82) is 0 Å². The minimum Gasteiger partial charge on any atom is -0.484 e. The van der Waals surface area contributed by atoms with Crippen LogP contribution in [0.4, 0.5) is 5.82 Å². The predicted octanol–water partition coefficient (Wildman–Crippen LogP) is 1.92. The zero-order valence-electron chi connectivity index (χ0n) is 7.57. The first kappa shape index (κ1) is 10.7. The molecule has 0 bridgehead atoms. The van der Waals surface area contributed by atoms with Gasteiger partial charge in [-0.05, 0) is 22.0 Å². The number of ether oxygens (including phenoxy) is 1. The van der Waals surface area contributed by atoms with Crippen molar-refractivity contribution < 1.29 is 9.66 Å². The standard InChI is InChI=1S/C8H9ClN2O3/c1-6-2-3-7(14-5-4-9)8(10-6)11(12)13/h2-3H,4-5H2,1H3. The lowest BCUT2D eigenvalue weighted by Gasteiger charge is -2.03. The lowest BCUT2D eigenvalue weighted by Crippen LogP contribution is -2.03. The van der Waals surface area contributed by atoms with Crippen LogP contribution in [0.3, 0.4) is 0 Å². The summed E-state index contributed by atoms with van der Waals surface area (Å²) in [7, 11) is 0. The van der Waals surface area contributed by atoms with Crippen LogP contribution in [-0.4, -0.2) is 22.4 Å². The van der Waals surface area contributed by atoms with Gasteiger partial charge in [-0.15, -0.1) is 11.6 Å². The molecule has 0 fully saturated rings. The summed E-state index contributed by atoms with van der Waals surface area (Å²) >= 11 is 5.40. The summed E-state index contributed by atoms with van der Waals surface area (Å²) in [5.74, 6) is 0.168. The molecule has 0 N–H and O–H groups in total. The first-order valence-electron chi connectivity index (χ1n) is 3.96. The quantitative estimate of drug-likeness (QED) is 0.438. The molecule has 0 amide bonds. The first-order chi connectivity index (χ1) is 6.65. The molecule has 0 radical (unpaired) electrons. The van der Waals surface area contributed by atoms with Crippen LogP contribution in [0.15, 0.2) is 12.1 Å². The van der Waals surface area contributed by atoms with Gasteiger partial charge in [-0.1, -0.05) is 0 Å². The molecule has 0 atom stereocenters. The van der Waals surface area contributed by atoms with Crippen molar-refractivity contribution >= 4 is 17.4 Å². The molecular formula is C8H9ClN2O3. The second kappa shape index (κ2) is 4.76. The molecule has 0 aliphatic heterocycles. The van der Waals surface area contributed by atoms with Gasteiger partial charge >= 0.3 is 5.82 Å². The first-order valence-corrected chi connectivity index (χ1v) is 4.49. The van der Waals surface area contributed by atoms with Crippen LogP contribution in [0.2, 0.25) is 0 Å². The molecule has 0 unspecified atom stereocenters. The van der Waals surface area contributed by atoms with Gasteiger partial charge in [0.2, 0.25) is 5.75 Å². The van der Waals surface area contributed by atoms with Crippen molar-refractivity contribution in [3.8, 4) is 5.75 Å². The molecule has 76 valence electrons. The van der Waals surface area contributed by atoms with Crippen LogP contribution < -0.4 is 4.74 Å². The van der Waals surface area contributed by atoms with Gasteiger partial charge in [0, 0.05) is 6.92 Å². The van der Waals surface area contributed by atoms with E-state index >= 15 is 0 Å². The van der Waals surface area contributed by atoms with Gasteiger partial charge in [-0.25, -0.2) is 0 Å². The van der Waals surface area contributed by atoms with Crippen molar-refractivity contribution in [1.82, 2.24) is 4.98 Å². The summed E-state index contributed by atoms with van der Waals surface area (Å²) < 4.78 is 5.07. The molecule has 0 aromatic carbocycles. The number of aryl methyl sites for hydroxylation is 1. The summed E-state index contributed by atoms with van der Waals surface area (Å²) in [5.41, 5.74) is 0.579. The Kier molecular flexibility index (Phi) is 3.64. The molecule has 14 heavy (non-hydrogen) atoms. The molecule has 1 rings (SSSR count). The molecule has 1 heterocycles. The van der Waals surface area contributed by atoms with E-state index in [1.54, 1.807) is 13.0 Å². The van der Waals surface area contributed by atoms with E-state index in [0.29, 0.717) is 5.69 Å². The topological polar surface area (TPSA) is 65.3 Å². The number of nitro groups is 1. The van der Waals surface area contributed by atoms with Crippen molar-refractivity contribution in [3.05, 3.63) is 27.9 Å². The maximum absolute atomic E-state index is 10.6. The highest BCUT2D eigenvalue weighted by atomic mass is 35.5. The number of hydrogen-bond donors (Lipinski definition) is 0. The Hall–Kier alpha value is -1.36. The summed E-state index contributed by atoms with van der Waals surface area (Å²) in [6, 6.07) is 3.17. The van der Waals surface area contributed by atoms with E-state index in [4.69, 9.17) is 16.3 Å². The Balaban J connectivity index is 2.96. The summed E-state index contributed by atoms with van der Waals surface area (Å²) in [6.07, 6.45) is 0. The fraction of sp³-hybridized carbons (Fsp3) is 0.375. The molecular weight excluding hydrogens is 208 g/mol. The fourth-order valence-corrected chi connectivity index (χ4v) is 0.999. The van der Waals surface area contributed by atoms with E-state index in [-0.39, 0.29) is 24.1 Å². The molecule has 0 aliphatic carbocycles. The molecule has 0 spiro atoms. The zero-order chi connectivity index (χ0) is 10.6. The Morgan fingerprint density at radius 1 is 1.64 bits per heavy atom. The Morgan fingerprint density at radius 3 is 2.93 bits per heavy atom. The average Bonchev–Trinajstić information content (AvgIpc) is 2.15. The Bertz CT molecular complexity index is 343. The van der Waals surface area contributed by atoms with Gasteiger partial charge in [0.15, 0.2) is 0 Å². The fourth-order valence-electron chi connectivity index (χ4n) is 0.922. The third kappa shape index (κ3) is 2.56. The molecule has 1 aromatic heterocycles. The van der Waals surface area contributed by atoms with E-state index in [1.807, 2.05) is 0 Å². The van der Waals surface area contributed by atoms with Crippen molar-refractivity contribution in [2.24, 2.45) is 0 Å². The molecule has 0 saturated heterocycles. The monoisotopic (exact) mass is 216 g/mol. The lowest BCUT2D eigenvalue weighted by molar-refractivity contribution is -0.390. The normalized spacial score (nSPS) is 9.86. The highest BCUT2D eigenvalue weighted by Crippen LogP contribution is 2.24. The highest BCUT2D eigenvalue weighted by molar-refractivity contribution is 6.18. The summed E-state index contributed by atoms with van der Waals surface area (Å²) in [5, 5.41) is 10.6. The lowest BCUT2D eigenvalue weighted by atomic mass is 10.3. The number of halogens is 1. The highest BCUT2D eigenvalue weighted by Gasteiger charge is 2.16. The largest absolute Gasteiger partial charge is 0.484 e. The minimum atomic E-state index is -0.573. The van der Waals surface area contributed by atoms with Gasteiger partial charge < -0.3 is 14.9 Å². The van der Waals surface area contributed by atoms with Gasteiger partial charge in [0.05, 0.1) is 5.88 Å². The molecule has 0 saturated carbocycles. The Labute approximate surface area is 85.8 Å². The number of alkyl halides is 1. The van der Waals surface area contributed by atoms with Crippen LogP contribution in [0.5, 0.6) is 5.75 Å². The second-order valence-corrected chi connectivity index (χ2v) is 2.95. The number of pyridine rings is 1. The van der Waals surface area contributed by atoms with E-state index < -0.39 is 4.92 Å². The average molecular weight is 217 g/mol. The predicted molar refractivity (Wildman–Crippen MR) is 51.8 cm³/mol. The van der Waals surface area contributed by atoms with E-state index in [0.717, 1.165) is 0 Å². The van der Waals surface area contributed by atoms with Crippen molar-refractivity contribution in [2.75, 3.05) is 12.5 Å². The van der Waals surface area contributed by atoms with Gasteiger partial charge in [-0.2, -0.15) is 0 Å². The number of aromatic nitrogens is 1. The van der Waals surface area contributed by atoms with E-state index in [9.17, 15) is 10.1 Å². The third-order valence-corrected chi connectivity index (χ3v) is 1.64. The number of nitrogens with zero attached hydrogens (tertiary/aromatic N) is 2. The van der Waals surface area contributed by atoms with Gasteiger partial charge in [0.25, 0.3) is 0 Å². The van der Waals surface area contributed by atoms with Gasteiger partial charge in [0.1, 0.15) is 12.3 Å².